The van der Waals surface area contributed by atoms with E-state index in [4.69, 9.17) is 0 Å². The van der Waals surface area contributed by atoms with Crippen LogP contribution in [0.2, 0.25) is 0 Å². The van der Waals surface area contributed by atoms with E-state index in [1.807, 2.05) is 6.92 Å². The molecule has 0 aromatic heterocycles. The van der Waals surface area contributed by atoms with Crippen LogP contribution in [-0.2, 0) is 0 Å². The van der Waals surface area contributed by atoms with Crippen molar-refractivity contribution in [1.29, 1.82) is 0 Å². The maximum atomic E-state index is 14.0. The third-order valence-electron chi connectivity index (χ3n) is 5.77. The SMILES string of the molecule is Cc1cc(C2CC2)c(NCC23CCCN2CCC3)cc1F. The van der Waals surface area contributed by atoms with Crippen LogP contribution in [0.3, 0.4) is 0 Å². The summed E-state index contributed by atoms with van der Waals surface area (Å²) in [5.74, 6) is 0.585. The number of aryl methyl sites for hydroxylation is 1. The fourth-order valence-corrected chi connectivity index (χ4v) is 4.36. The van der Waals surface area contributed by atoms with E-state index in [1.54, 1.807) is 6.07 Å². The number of halogens is 1. The lowest BCUT2D eigenvalue weighted by Gasteiger charge is -2.33. The molecule has 0 amide bonds. The van der Waals surface area contributed by atoms with E-state index >= 15 is 0 Å². The molecule has 0 atom stereocenters. The maximum Gasteiger partial charge on any atom is 0.128 e. The molecule has 1 aromatic carbocycles. The second kappa shape index (κ2) is 4.98. The van der Waals surface area contributed by atoms with Crippen molar-refractivity contribution < 1.29 is 4.39 Å². The van der Waals surface area contributed by atoms with E-state index < -0.39 is 0 Å². The van der Waals surface area contributed by atoms with Gasteiger partial charge in [-0.2, -0.15) is 0 Å². The number of nitrogens with one attached hydrogen (secondary N) is 1. The summed E-state index contributed by atoms with van der Waals surface area (Å²) in [4.78, 5) is 2.65. The molecular weight excluding hydrogens is 263 g/mol. The fraction of sp³-hybridized carbons (Fsp3) is 0.667. The molecule has 0 unspecified atom stereocenters. The van der Waals surface area contributed by atoms with E-state index in [9.17, 15) is 4.39 Å². The van der Waals surface area contributed by atoms with Gasteiger partial charge in [-0.25, -0.2) is 4.39 Å². The summed E-state index contributed by atoms with van der Waals surface area (Å²) < 4.78 is 14.0. The maximum absolute atomic E-state index is 14.0. The van der Waals surface area contributed by atoms with E-state index in [0.29, 0.717) is 11.5 Å². The van der Waals surface area contributed by atoms with Crippen LogP contribution in [0.25, 0.3) is 0 Å². The van der Waals surface area contributed by atoms with Gasteiger partial charge in [-0.3, -0.25) is 4.90 Å². The number of hydrogen-bond acceptors (Lipinski definition) is 2. The van der Waals surface area contributed by atoms with Gasteiger partial charge >= 0.3 is 0 Å². The van der Waals surface area contributed by atoms with Crippen LogP contribution in [0.1, 0.15) is 55.6 Å². The average Bonchev–Trinajstić information content (AvgIpc) is 3.11. The molecule has 2 nitrogen and oxygen atoms in total. The number of fused-ring (bicyclic) bond motifs is 1. The number of rotatable bonds is 4. The summed E-state index contributed by atoms with van der Waals surface area (Å²) in [5.41, 5.74) is 3.52. The largest absolute Gasteiger partial charge is 0.383 e. The van der Waals surface area contributed by atoms with Crippen molar-refractivity contribution in [3.63, 3.8) is 0 Å². The molecule has 2 heterocycles. The Morgan fingerprint density at radius 1 is 1.24 bits per heavy atom. The second-order valence-electron chi connectivity index (χ2n) is 7.23. The van der Waals surface area contributed by atoms with E-state index in [2.05, 4.69) is 16.3 Å². The molecule has 3 heteroatoms. The van der Waals surface area contributed by atoms with Crippen molar-refractivity contribution in [3.05, 3.63) is 29.1 Å². The van der Waals surface area contributed by atoms with Crippen molar-refractivity contribution in [1.82, 2.24) is 4.90 Å². The van der Waals surface area contributed by atoms with Crippen LogP contribution in [0.4, 0.5) is 10.1 Å². The summed E-state index contributed by atoms with van der Waals surface area (Å²) in [6, 6.07) is 3.79. The molecule has 1 aliphatic carbocycles. The molecule has 3 aliphatic rings. The van der Waals surface area contributed by atoms with Gasteiger partial charge in [-0.15, -0.1) is 0 Å². The van der Waals surface area contributed by atoms with E-state index in [0.717, 1.165) is 17.8 Å². The first-order valence-corrected chi connectivity index (χ1v) is 8.47. The Hall–Kier alpha value is -1.09. The Labute approximate surface area is 126 Å². The minimum absolute atomic E-state index is 0.0749. The predicted octanol–water partition coefficient (Wildman–Crippen LogP) is 4.05. The first-order valence-electron chi connectivity index (χ1n) is 8.47. The average molecular weight is 288 g/mol. The molecule has 0 bridgehead atoms. The minimum atomic E-state index is -0.0749. The highest BCUT2D eigenvalue weighted by Crippen LogP contribution is 2.45. The number of nitrogens with zero attached hydrogens (tertiary/aromatic N) is 1. The van der Waals surface area contributed by atoms with Crippen molar-refractivity contribution >= 4 is 5.69 Å². The Morgan fingerprint density at radius 2 is 1.95 bits per heavy atom. The summed E-state index contributed by atoms with van der Waals surface area (Å²) in [5, 5.41) is 3.63. The first-order chi connectivity index (χ1) is 10.2. The zero-order chi connectivity index (χ0) is 14.4. The number of hydrogen-bond donors (Lipinski definition) is 1. The molecule has 1 aromatic rings. The van der Waals surface area contributed by atoms with Gasteiger partial charge in [0.25, 0.3) is 0 Å². The predicted molar refractivity (Wildman–Crippen MR) is 84.4 cm³/mol. The molecule has 1 N–H and O–H groups in total. The molecule has 1 saturated carbocycles. The highest BCUT2D eigenvalue weighted by molar-refractivity contribution is 5.56. The molecule has 21 heavy (non-hydrogen) atoms. The van der Waals surface area contributed by atoms with Crippen molar-refractivity contribution in [2.75, 3.05) is 25.0 Å². The lowest BCUT2D eigenvalue weighted by molar-refractivity contribution is 0.209. The Kier molecular flexibility index (Phi) is 3.21. The first kappa shape index (κ1) is 13.6. The monoisotopic (exact) mass is 288 g/mol. The van der Waals surface area contributed by atoms with Crippen molar-refractivity contribution in [3.8, 4) is 0 Å². The lowest BCUT2D eigenvalue weighted by Crippen LogP contribution is -2.44. The van der Waals surface area contributed by atoms with Gasteiger partial charge in [0.1, 0.15) is 5.82 Å². The topological polar surface area (TPSA) is 15.3 Å². The van der Waals surface area contributed by atoms with Gasteiger partial charge in [0.15, 0.2) is 0 Å². The highest BCUT2D eigenvalue weighted by Gasteiger charge is 2.44. The summed E-state index contributed by atoms with van der Waals surface area (Å²) >= 11 is 0. The summed E-state index contributed by atoms with van der Waals surface area (Å²) in [7, 11) is 0. The van der Waals surface area contributed by atoms with Gasteiger partial charge in [0.05, 0.1) is 0 Å². The highest BCUT2D eigenvalue weighted by atomic mass is 19.1. The van der Waals surface area contributed by atoms with Crippen LogP contribution in [0.15, 0.2) is 12.1 Å². The molecule has 3 fully saturated rings. The van der Waals surface area contributed by atoms with Gasteiger partial charge in [0.2, 0.25) is 0 Å². The Balaban J connectivity index is 1.55. The molecule has 4 rings (SSSR count). The molecule has 114 valence electrons. The van der Waals surface area contributed by atoms with E-state index in [-0.39, 0.29) is 5.82 Å². The zero-order valence-electron chi connectivity index (χ0n) is 12.9. The van der Waals surface area contributed by atoms with Crippen LogP contribution in [-0.4, -0.2) is 30.1 Å². The lowest BCUT2D eigenvalue weighted by atomic mass is 9.93. The normalized spacial score (nSPS) is 24.3. The van der Waals surface area contributed by atoms with Crippen LogP contribution < -0.4 is 5.32 Å². The van der Waals surface area contributed by atoms with Gasteiger partial charge in [0, 0.05) is 17.8 Å². The molecular formula is C18H25FN2. The Bertz CT molecular complexity index is 540. The molecule has 2 aliphatic heterocycles. The van der Waals surface area contributed by atoms with E-state index in [1.165, 1.54) is 57.2 Å². The smallest absolute Gasteiger partial charge is 0.128 e. The van der Waals surface area contributed by atoms with Crippen molar-refractivity contribution in [2.45, 2.75) is 56.9 Å². The molecule has 2 saturated heterocycles. The van der Waals surface area contributed by atoms with Gasteiger partial charge in [-0.05, 0) is 81.6 Å². The summed E-state index contributed by atoms with van der Waals surface area (Å²) in [6.07, 6.45) is 7.76. The third-order valence-corrected chi connectivity index (χ3v) is 5.77. The number of anilines is 1. The molecule has 0 spiro atoms. The number of benzene rings is 1. The second-order valence-corrected chi connectivity index (χ2v) is 7.23. The molecule has 0 radical (unpaired) electrons. The van der Waals surface area contributed by atoms with Crippen LogP contribution >= 0.6 is 0 Å². The fourth-order valence-electron chi connectivity index (χ4n) is 4.36. The summed E-state index contributed by atoms with van der Waals surface area (Å²) in [6.45, 7) is 5.35. The van der Waals surface area contributed by atoms with Gasteiger partial charge < -0.3 is 5.32 Å². The quantitative estimate of drug-likeness (QED) is 0.899. The Morgan fingerprint density at radius 3 is 2.62 bits per heavy atom. The van der Waals surface area contributed by atoms with Crippen LogP contribution in [0, 0.1) is 12.7 Å². The van der Waals surface area contributed by atoms with Crippen molar-refractivity contribution in [2.24, 2.45) is 0 Å². The van der Waals surface area contributed by atoms with Crippen LogP contribution in [0.5, 0.6) is 0 Å². The minimum Gasteiger partial charge on any atom is -0.383 e. The van der Waals surface area contributed by atoms with Gasteiger partial charge in [-0.1, -0.05) is 6.07 Å². The third kappa shape index (κ3) is 2.36. The standard InChI is InChI=1S/C18H25FN2/c1-13-10-15(14-4-5-14)17(11-16(13)19)20-12-18-6-2-8-21(18)9-3-7-18/h10-11,14,20H,2-9,12H2,1H3. The zero-order valence-corrected chi connectivity index (χ0v) is 12.9.